The van der Waals surface area contributed by atoms with Gasteiger partial charge >= 0.3 is 0 Å². The molecule has 3 nitrogen and oxygen atoms in total. The molecule has 0 aliphatic heterocycles. The monoisotopic (exact) mass is 256 g/mol. The van der Waals surface area contributed by atoms with E-state index in [-0.39, 0.29) is 5.91 Å². The van der Waals surface area contributed by atoms with Gasteiger partial charge in [-0.2, -0.15) is 0 Å². The van der Waals surface area contributed by atoms with Crippen molar-refractivity contribution in [3.63, 3.8) is 0 Å². The largest absolute Gasteiger partial charge is 0.341 e. The summed E-state index contributed by atoms with van der Waals surface area (Å²) in [5.41, 5.74) is 6.88. The first-order valence-corrected chi connectivity index (χ1v) is 6.66. The van der Waals surface area contributed by atoms with E-state index in [4.69, 9.17) is 5.73 Å². The van der Waals surface area contributed by atoms with Crippen LogP contribution in [-0.2, 0) is 0 Å². The van der Waals surface area contributed by atoms with Gasteiger partial charge in [-0.3, -0.25) is 4.79 Å². The molecule has 1 aliphatic carbocycles. The summed E-state index contributed by atoms with van der Waals surface area (Å²) < 4.78 is 0. The predicted molar refractivity (Wildman–Crippen MR) is 76.6 cm³/mol. The maximum Gasteiger partial charge on any atom is 0.253 e. The van der Waals surface area contributed by atoms with Crippen molar-refractivity contribution in [3.05, 3.63) is 35.4 Å². The third kappa shape index (κ3) is 3.59. The maximum absolute atomic E-state index is 12.3. The molecule has 0 spiro atoms. The fourth-order valence-corrected chi connectivity index (χ4v) is 2.19. The Kier molecular flexibility index (Phi) is 4.24. The van der Waals surface area contributed by atoms with Crippen LogP contribution >= 0.6 is 0 Å². The molecule has 1 fully saturated rings. The quantitative estimate of drug-likeness (QED) is 0.837. The highest BCUT2D eigenvalue weighted by Crippen LogP contribution is 2.38. The Hall–Kier alpha value is -1.79. The molecule has 19 heavy (non-hydrogen) atoms. The zero-order valence-corrected chi connectivity index (χ0v) is 11.5. The molecule has 2 rings (SSSR count). The van der Waals surface area contributed by atoms with E-state index in [0.717, 1.165) is 18.0 Å². The lowest BCUT2D eigenvalue weighted by molar-refractivity contribution is 0.0787. The van der Waals surface area contributed by atoms with Crippen molar-refractivity contribution >= 4 is 5.91 Å². The summed E-state index contributed by atoms with van der Waals surface area (Å²) in [7, 11) is 1.87. The van der Waals surface area contributed by atoms with Crippen LogP contribution in [0.5, 0.6) is 0 Å². The van der Waals surface area contributed by atoms with E-state index < -0.39 is 0 Å². The number of carbonyl (C=O) groups is 1. The third-order valence-corrected chi connectivity index (χ3v) is 3.58. The molecule has 0 aromatic heterocycles. The van der Waals surface area contributed by atoms with Crippen molar-refractivity contribution in [3.8, 4) is 11.8 Å². The fraction of sp³-hybridized carbons (Fsp3) is 0.438. The lowest BCUT2D eigenvalue weighted by Gasteiger charge is -2.17. The molecule has 1 aliphatic rings. The lowest BCUT2D eigenvalue weighted by atomic mass is 10.1. The van der Waals surface area contributed by atoms with Crippen molar-refractivity contribution < 1.29 is 4.79 Å². The average Bonchev–Trinajstić information content (AvgIpc) is 3.11. The molecule has 0 heterocycles. The van der Waals surface area contributed by atoms with Crippen molar-refractivity contribution in [1.29, 1.82) is 0 Å². The fourth-order valence-electron chi connectivity index (χ4n) is 2.19. The molecule has 100 valence electrons. The SMILES string of the molecule is CC1CC1CN(C)C(=O)c1cccc(C#CCN)c1. The van der Waals surface area contributed by atoms with E-state index in [9.17, 15) is 4.79 Å². The number of nitrogens with two attached hydrogens (primary N) is 1. The minimum atomic E-state index is 0.0653. The summed E-state index contributed by atoms with van der Waals surface area (Å²) in [6, 6.07) is 7.42. The normalized spacial score (nSPS) is 20.4. The average molecular weight is 256 g/mol. The van der Waals surface area contributed by atoms with Gasteiger partial charge in [0.05, 0.1) is 6.54 Å². The first-order chi connectivity index (χ1) is 9.11. The highest BCUT2D eigenvalue weighted by molar-refractivity contribution is 5.94. The zero-order valence-electron chi connectivity index (χ0n) is 11.5. The topological polar surface area (TPSA) is 46.3 Å². The van der Waals surface area contributed by atoms with Crippen LogP contribution < -0.4 is 5.73 Å². The number of hydrogen-bond acceptors (Lipinski definition) is 2. The summed E-state index contributed by atoms with van der Waals surface area (Å²) in [5.74, 6) is 7.26. The minimum absolute atomic E-state index is 0.0653. The Labute approximate surface area is 114 Å². The maximum atomic E-state index is 12.3. The van der Waals surface area contributed by atoms with Crippen molar-refractivity contribution in [1.82, 2.24) is 4.90 Å². The van der Waals surface area contributed by atoms with Crippen LogP contribution in [0.1, 0.15) is 29.3 Å². The molecule has 0 saturated heterocycles. The van der Waals surface area contributed by atoms with Gasteiger partial charge in [-0.1, -0.05) is 24.8 Å². The third-order valence-electron chi connectivity index (χ3n) is 3.58. The standard InChI is InChI=1S/C16H20N2O/c1-12-9-15(12)11-18(2)16(19)14-7-3-5-13(10-14)6-4-8-17/h3,5,7,10,12,15H,8-9,11,17H2,1-2H3. The molecule has 2 unspecified atom stereocenters. The summed E-state index contributed by atoms with van der Waals surface area (Å²) >= 11 is 0. The molecule has 0 radical (unpaired) electrons. The Morgan fingerprint density at radius 3 is 2.89 bits per heavy atom. The molecule has 1 saturated carbocycles. The second-order valence-corrected chi connectivity index (χ2v) is 5.25. The van der Waals surface area contributed by atoms with E-state index in [1.54, 1.807) is 0 Å². The van der Waals surface area contributed by atoms with Gasteiger partial charge < -0.3 is 10.6 Å². The summed E-state index contributed by atoms with van der Waals surface area (Å²) in [6.45, 7) is 3.41. The number of nitrogens with zero attached hydrogens (tertiary/aromatic N) is 1. The smallest absolute Gasteiger partial charge is 0.253 e. The lowest BCUT2D eigenvalue weighted by Crippen LogP contribution is -2.29. The second kappa shape index (κ2) is 5.90. The minimum Gasteiger partial charge on any atom is -0.341 e. The summed E-state index contributed by atoms with van der Waals surface area (Å²) in [4.78, 5) is 14.1. The number of carbonyl (C=O) groups excluding carboxylic acids is 1. The summed E-state index contributed by atoms with van der Waals surface area (Å²) in [6.07, 6.45) is 1.24. The van der Waals surface area contributed by atoms with Crippen LogP contribution in [0.15, 0.2) is 24.3 Å². The van der Waals surface area contributed by atoms with Gasteiger partial charge in [-0.25, -0.2) is 0 Å². The van der Waals surface area contributed by atoms with Crippen LogP contribution in [0.4, 0.5) is 0 Å². The Balaban J connectivity index is 2.05. The molecule has 3 heteroatoms. The first kappa shape index (κ1) is 13.6. The number of amides is 1. The van der Waals surface area contributed by atoms with Crippen molar-refractivity contribution in [2.75, 3.05) is 20.1 Å². The van der Waals surface area contributed by atoms with E-state index >= 15 is 0 Å². The van der Waals surface area contributed by atoms with Crippen LogP contribution in [-0.4, -0.2) is 30.9 Å². The molecule has 2 atom stereocenters. The molecule has 0 bridgehead atoms. The van der Waals surface area contributed by atoms with Crippen LogP contribution in [0.3, 0.4) is 0 Å². The van der Waals surface area contributed by atoms with E-state index in [1.165, 1.54) is 6.42 Å². The van der Waals surface area contributed by atoms with Crippen LogP contribution in [0, 0.1) is 23.7 Å². The van der Waals surface area contributed by atoms with E-state index in [2.05, 4.69) is 18.8 Å². The zero-order chi connectivity index (χ0) is 13.8. The molecule has 1 aromatic rings. The van der Waals surface area contributed by atoms with Gasteiger partial charge in [-0.15, -0.1) is 0 Å². The molecule has 2 N–H and O–H groups in total. The van der Waals surface area contributed by atoms with Gasteiger partial charge in [0.25, 0.3) is 5.91 Å². The molecule has 1 amide bonds. The number of hydrogen-bond donors (Lipinski definition) is 1. The molecule has 1 aromatic carbocycles. The summed E-state index contributed by atoms with van der Waals surface area (Å²) in [5, 5.41) is 0. The highest BCUT2D eigenvalue weighted by Gasteiger charge is 2.34. The van der Waals surface area contributed by atoms with Crippen LogP contribution in [0.25, 0.3) is 0 Å². The van der Waals surface area contributed by atoms with E-state index in [0.29, 0.717) is 18.0 Å². The Morgan fingerprint density at radius 2 is 2.26 bits per heavy atom. The molecular weight excluding hydrogens is 236 g/mol. The van der Waals surface area contributed by atoms with E-state index in [1.807, 2.05) is 36.2 Å². The van der Waals surface area contributed by atoms with Gasteiger partial charge in [-0.05, 0) is 36.5 Å². The first-order valence-electron chi connectivity index (χ1n) is 6.66. The van der Waals surface area contributed by atoms with Gasteiger partial charge in [0, 0.05) is 24.7 Å². The van der Waals surface area contributed by atoms with Gasteiger partial charge in [0.15, 0.2) is 0 Å². The Morgan fingerprint density at radius 1 is 1.53 bits per heavy atom. The number of rotatable bonds is 3. The highest BCUT2D eigenvalue weighted by atomic mass is 16.2. The van der Waals surface area contributed by atoms with Gasteiger partial charge in [0.2, 0.25) is 0 Å². The molecular formula is C16H20N2O. The predicted octanol–water partition coefficient (Wildman–Crippen LogP) is 1.72. The second-order valence-electron chi connectivity index (χ2n) is 5.25. The van der Waals surface area contributed by atoms with Crippen molar-refractivity contribution in [2.45, 2.75) is 13.3 Å². The van der Waals surface area contributed by atoms with Gasteiger partial charge in [0.1, 0.15) is 0 Å². The Bertz CT molecular complexity index is 527. The van der Waals surface area contributed by atoms with Crippen molar-refractivity contribution in [2.24, 2.45) is 17.6 Å². The number of benzene rings is 1. The van der Waals surface area contributed by atoms with Crippen LogP contribution in [0.2, 0.25) is 0 Å².